The predicted molar refractivity (Wildman–Crippen MR) is 60.1 cm³/mol. The molecule has 0 unspecified atom stereocenters. The summed E-state index contributed by atoms with van der Waals surface area (Å²) in [6, 6.07) is 0. The van der Waals surface area contributed by atoms with E-state index in [0.717, 1.165) is 6.61 Å². The monoisotopic (exact) mass is 233 g/mol. The quantitative estimate of drug-likeness (QED) is 0.327. The van der Waals surface area contributed by atoms with E-state index < -0.39 is 9.28 Å². The second kappa shape index (κ2) is 11.8. The van der Waals surface area contributed by atoms with Crippen molar-refractivity contribution in [3.8, 4) is 0 Å². The molecule has 0 saturated heterocycles. The Kier molecular flexibility index (Phi) is 11.5. The van der Waals surface area contributed by atoms with Crippen molar-refractivity contribution >= 4 is 9.28 Å². The van der Waals surface area contributed by atoms with E-state index in [1.165, 1.54) is 0 Å². The molecule has 0 rings (SSSR count). The third kappa shape index (κ3) is 9.99. The fourth-order valence-electron chi connectivity index (χ4n) is 0.883. The Morgan fingerprint density at radius 3 is 2.13 bits per heavy atom. The maximum atomic E-state index is 5.40. The minimum Gasteiger partial charge on any atom is -0.393 e. The second-order valence-corrected chi connectivity index (χ2v) is 4.24. The Labute approximate surface area is 93.7 Å². The Bertz CT molecular complexity index is 152. The minimum absolute atomic E-state index is 0.554. The zero-order valence-corrected chi connectivity index (χ0v) is 10.9. The van der Waals surface area contributed by atoms with Crippen LogP contribution in [0.25, 0.3) is 0 Å². The first-order valence-corrected chi connectivity index (χ1v) is 6.89. The normalized spacial score (nSPS) is 11.7. The Hall–Kier alpha value is -0.303. The molecule has 0 saturated carbocycles. The molecule has 0 N–H and O–H groups in total. The molecule has 0 aliphatic carbocycles. The van der Waals surface area contributed by atoms with Crippen LogP contribution >= 0.6 is 0 Å². The smallest absolute Gasteiger partial charge is 0.393 e. The van der Waals surface area contributed by atoms with Gasteiger partial charge in [-0.3, -0.25) is 0 Å². The van der Waals surface area contributed by atoms with Gasteiger partial charge < -0.3 is 13.6 Å². The summed E-state index contributed by atoms with van der Waals surface area (Å²) in [5, 5.41) is 8.00. The van der Waals surface area contributed by atoms with Crippen LogP contribution in [0, 0.1) is 0 Å². The van der Waals surface area contributed by atoms with Gasteiger partial charge in [-0.15, -0.1) is 0 Å². The zero-order valence-electron chi connectivity index (χ0n) is 9.86. The summed E-state index contributed by atoms with van der Waals surface area (Å²) in [6.07, 6.45) is 0.554. The third-order valence-electron chi connectivity index (χ3n) is 1.45. The SMILES string of the molecule is CCOCCN=NC[Si](OCC)OCC. The van der Waals surface area contributed by atoms with Crippen LogP contribution in [0.15, 0.2) is 10.2 Å². The molecule has 1 radical (unpaired) electrons. The first-order chi connectivity index (χ1) is 7.35. The molecule has 6 heteroatoms. The van der Waals surface area contributed by atoms with Crippen molar-refractivity contribution in [1.82, 2.24) is 0 Å². The lowest BCUT2D eigenvalue weighted by Crippen LogP contribution is -2.26. The molecule has 0 heterocycles. The van der Waals surface area contributed by atoms with Crippen LogP contribution in [0.5, 0.6) is 0 Å². The summed E-state index contributed by atoms with van der Waals surface area (Å²) in [5.41, 5.74) is 0. The van der Waals surface area contributed by atoms with Crippen LogP contribution in [-0.2, 0) is 13.6 Å². The second-order valence-electron chi connectivity index (χ2n) is 2.60. The van der Waals surface area contributed by atoms with Gasteiger partial charge in [-0.1, -0.05) is 0 Å². The average Bonchev–Trinajstić information content (AvgIpc) is 2.24. The van der Waals surface area contributed by atoms with Crippen molar-refractivity contribution < 1.29 is 13.6 Å². The van der Waals surface area contributed by atoms with Crippen molar-refractivity contribution in [2.75, 3.05) is 39.1 Å². The largest absolute Gasteiger partial charge is 0.410 e. The zero-order chi connectivity index (χ0) is 11.4. The lowest BCUT2D eigenvalue weighted by molar-refractivity contribution is 0.154. The summed E-state index contributed by atoms with van der Waals surface area (Å²) in [5.74, 6) is 0. The van der Waals surface area contributed by atoms with E-state index in [-0.39, 0.29) is 0 Å². The summed E-state index contributed by atoms with van der Waals surface area (Å²) in [6.45, 7) is 9.18. The van der Waals surface area contributed by atoms with Gasteiger partial charge in [0.1, 0.15) is 6.17 Å². The molecular formula is C9H21N2O3Si. The maximum Gasteiger partial charge on any atom is 0.410 e. The lowest BCUT2D eigenvalue weighted by Gasteiger charge is -2.09. The van der Waals surface area contributed by atoms with Crippen LogP contribution in [0.1, 0.15) is 20.8 Å². The van der Waals surface area contributed by atoms with E-state index in [9.17, 15) is 0 Å². The van der Waals surface area contributed by atoms with Gasteiger partial charge in [0.2, 0.25) is 0 Å². The van der Waals surface area contributed by atoms with Crippen molar-refractivity contribution in [2.45, 2.75) is 20.8 Å². The molecule has 0 aliphatic heterocycles. The molecule has 0 aromatic rings. The van der Waals surface area contributed by atoms with Crippen LogP contribution in [0.3, 0.4) is 0 Å². The Balaban J connectivity index is 3.49. The molecule has 15 heavy (non-hydrogen) atoms. The van der Waals surface area contributed by atoms with Crippen molar-refractivity contribution in [3.63, 3.8) is 0 Å². The van der Waals surface area contributed by atoms with Gasteiger partial charge >= 0.3 is 9.28 Å². The van der Waals surface area contributed by atoms with E-state index in [1.807, 2.05) is 20.8 Å². The molecule has 0 aromatic heterocycles. The third-order valence-corrected chi connectivity index (χ3v) is 3.07. The van der Waals surface area contributed by atoms with Gasteiger partial charge in [-0.2, -0.15) is 10.2 Å². The number of nitrogens with zero attached hydrogens (tertiary/aromatic N) is 2. The molecule has 0 amide bonds. The highest BCUT2D eigenvalue weighted by Crippen LogP contribution is 1.91. The average molecular weight is 233 g/mol. The van der Waals surface area contributed by atoms with Crippen molar-refractivity contribution in [1.29, 1.82) is 0 Å². The minimum atomic E-state index is -1.24. The van der Waals surface area contributed by atoms with Crippen LogP contribution in [0.2, 0.25) is 0 Å². The molecule has 0 aliphatic rings. The first-order valence-electron chi connectivity index (χ1n) is 5.37. The standard InChI is InChI=1S/C9H21N2O3Si/c1-4-12-8-7-10-11-9-15(13-5-2)14-6-3/h4-9H2,1-3H3. The van der Waals surface area contributed by atoms with Gasteiger partial charge in [0, 0.05) is 19.8 Å². The highest BCUT2D eigenvalue weighted by Gasteiger charge is 2.13. The van der Waals surface area contributed by atoms with E-state index in [2.05, 4.69) is 10.2 Å². The van der Waals surface area contributed by atoms with Gasteiger partial charge in [-0.05, 0) is 20.8 Å². The highest BCUT2D eigenvalue weighted by atomic mass is 28.3. The summed E-state index contributed by atoms with van der Waals surface area (Å²) in [4.78, 5) is 0. The lowest BCUT2D eigenvalue weighted by atomic mass is 10.7. The highest BCUT2D eigenvalue weighted by molar-refractivity contribution is 6.44. The van der Waals surface area contributed by atoms with Crippen molar-refractivity contribution in [2.24, 2.45) is 10.2 Å². The van der Waals surface area contributed by atoms with E-state index in [0.29, 0.717) is 32.5 Å². The Morgan fingerprint density at radius 1 is 0.933 bits per heavy atom. The van der Waals surface area contributed by atoms with Crippen molar-refractivity contribution in [3.05, 3.63) is 0 Å². The fourth-order valence-corrected chi connectivity index (χ4v) is 2.01. The van der Waals surface area contributed by atoms with E-state index in [1.54, 1.807) is 0 Å². The summed E-state index contributed by atoms with van der Waals surface area (Å²) < 4.78 is 15.9. The van der Waals surface area contributed by atoms with Crippen LogP contribution in [0.4, 0.5) is 0 Å². The number of rotatable bonds is 10. The molecule has 0 bridgehead atoms. The summed E-state index contributed by atoms with van der Waals surface area (Å²) >= 11 is 0. The number of ether oxygens (including phenoxy) is 1. The molecule has 0 atom stereocenters. The summed E-state index contributed by atoms with van der Waals surface area (Å²) in [7, 11) is -1.24. The Morgan fingerprint density at radius 2 is 1.60 bits per heavy atom. The topological polar surface area (TPSA) is 52.4 Å². The van der Waals surface area contributed by atoms with Gasteiger partial charge in [0.05, 0.1) is 13.2 Å². The molecule has 89 valence electrons. The van der Waals surface area contributed by atoms with Crippen LogP contribution < -0.4 is 0 Å². The molecule has 0 spiro atoms. The predicted octanol–water partition coefficient (Wildman–Crippen LogP) is 1.58. The van der Waals surface area contributed by atoms with E-state index >= 15 is 0 Å². The molecule has 0 fully saturated rings. The van der Waals surface area contributed by atoms with E-state index in [4.69, 9.17) is 13.6 Å². The molecule has 0 aromatic carbocycles. The molecule has 5 nitrogen and oxygen atoms in total. The van der Waals surface area contributed by atoms with Gasteiger partial charge in [0.25, 0.3) is 0 Å². The van der Waals surface area contributed by atoms with Gasteiger partial charge in [0.15, 0.2) is 0 Å². The van der Waals surface area contributed by atoms with Crippen LogP contribution in [-0.4, -0.2) is 48.4 Å². The maximum absolute atomic E-state index is 5.40. The van der Waals surface area contributed by atoms with Gasteiger partial charge in [-0.25, -0.2) is 0 Å². The fraction of sp³-hybridized carbons (Fsp3) is 1.00. The molecular weight excluding hydrogens is 212 g/mol. The number of azo groups is 1. The first kappa shape index (κ1) is 14.7. The number of hydrogen-bond donors (Lipinski definition) is 0. The number of hydrogen-bond acceptors (Lipinski definition) is 5.